The number of nitrogens with zero attached hydrogens (tertiary/aromatic N) is 2. The molecule has 1 aromatic heterocycles. The van der Waals surface area contributed by atoms with Crippen molar-refractivity contribution in [3.63, 3.8) is 0 Å². The molecule has 1 heterocycles. The van der Waals surface area contributed by atoms with E-state index in [0.29, 0.717) is 5.02 Å². The van der Waals surface area contributed by atoms with Gasteiger partial charge < -0.3 is 4.90 Å². The lowest BCUT2D eigenvalue weighted by atomic mass is 10.1. The fraction of sp³-hybridized carbons (Fsp3) is 0.333. The van der Waals surface area contributed by atoms with Crippen LogP contribution in [-0.2, 0) is 0 Å². The van der Waals surface area contributed by atoms with Gasteiger partial charge >= 0.3 is 0 Å². The molecule has 0 fully saturated rings. The van der Waals surface area contributed by atoms with Crippen molar-refractivity contribution in [2.45, 2.75) is 26.8 Å². The highest BCUT2D eigenvalue weighted by Gasteiger charge is 2.24. The average molecular weight is 327 g/mol. The van der Waals surface area contributed by atoms with Gasteiger partial charge in [-0.2, -0.15) is 0 Å². The van der Waals surface area contributed by atoms with Crippen LogP contribution >= 0.6 is 22.9 Å². The number of rotatable bonds is 3. The molecule has 0 bridgehead atoms. The van der Waals surface area contributed by atoms with Crippen molar-refractivity contribution in [1.82, 2.24) is 9.88 Å². The highest BCUT2D eigenvalue weighted by molar-refractivity contribution is 7.11. The second kappa shape index (κ2) is 6.12. The van der Waals surface area contributed by atoms with Crippen LogP contribution in [-0.4, -0.2) is 22.8 Å². The summed E-state index contributed by atoms with van der Waals surface area (Å²) in [5.74, 6) is -0.984. The van der Waals surface area contributed by atoms with Crippen LogP contribution in [0.15, 0.2) is 18.2 Å². The van der Waals surface area contributed by atoms with Crippen LogP contribution in [0.25, 0.3) is 0 Å². The lowest BCUT2D eigenvalue weighted by Crippen LogP contribution is -2.30. The fourth-order valence-electron chi connectivity index (χ4n) is 2.14. The number of aryl methyl sites for hydroxylation is 2. The summed E-state index contributed by atoms with van der Waals surface area (Å²) in [5.41, 5.74) is 0.817. The summed E-state index contributed by atoms with van der Waals surface area (Å²) in [5, 5.41) is 1.28. The van der Waals surface area contributed by atoms with Crippen LogP contribution in [0.4, 0.5) is 4.39 Å². The number of thiazole rings is 1. The van der Waals surface area contributed by atoms with Crippen LogP contribution in [0.5, 0.6) is 0 Å². The lowest BCUT2D eigenvalue weighted by Gasteiger charge is -2.24. The predicted octanol–water partition coefficient (Wildman–Crippen LogP) is 4.39. The van der Waals surface area contributed by atoms with E-state index in [1.165, 1.54) is 23.1 Å². The number of carbonyl (C=O) groups is 1. The number of amides is 1. The fourth-order valence-corrected chi connectivity index (χ4v) is 3.22. The van der Waals surface area contributed by atoms with Crippen LogP contribution in [0.1, 0.15) is 38.9 Å². The van der Waals surface area contributed by atoms with Crippen molar-refractivity contribution in [3.8, 4) is 0 Å². The minimum atomic E-state index is -0.574. The van der Waals surface area contributed by atoms with E-state index in [1.54, 1.807) is 18.4 Å². The minimum absolute atomic E-state index is 0.0264. The van der Waals surface area contributed by atoms with E-state index in [9.17, 15) is 9.18 Å². The van der Waals surface area contributed by atoms with Crippen LogP contribution in [0.3, 0.4) is 0 Å². The standard InChI is InChI=1S/C15H16ClFN2OS/c1-8(14-9(2)21-10(3)18-14)19(4)15(20)12-7-11(16)5-6-13(12)17/h5-8H,1-4H3/t8-/m0/s1. The van der Waals surface area contributed by atoms with Crippen molar-refractivity contribution in [2.75, 3.05) is 7.05 Å². The summed E-state index contributed by atoms with van der Waals surface area (Å²) in [6.45, 7) is 5.77. The molecule has 112 valence electrons. The molecule has 0 radical (unpaired) electrons. The smallest absolute Gasteiger partial charge is 0.257 e. The molecule has 2 aromatic rings. The van der Waals surface area contributed by atoms with Gasteiger partial charge in [0.25, 0.3) is 5.91 Å². The molecule has 1 aromatic carbocycles. The molecular weight excluding hydrogens is 311 g/mol. The van der Waals surface area contributed by atoms with Gasteiger partial charge in [0.2, 0.25) is 0 Å². The average Bonchev–Trinajstić information content (AvgIpc) is 2.78. The van der Waals surface area contributed by atoms with Gasteiger partial charge in [-0.05, 0) is 39.0 Å². The molecule has 0 saturated carbocycles. The maximum atomic E-state index is 13.8. The number of benzene rings is 1. The zero-order valence-electron chi connectivity index (χ0n) is 12.3. The Balaban J connectivity index is 2.30. The van der Waals surface area contributed by atoms with E-state index >= 15 is 0 Å². The summed E-state index contributed by atoms with van der Waals surface area (Å²) in [7, 11) is 1.64. The van der Waals surface area contributed by atoms with Crippen molar-refractivity contribution >= 4 is 28.8 Å². The first kappa shape index (κ1) is 15.9. The van der Waals surface area contributed by atoms with Crippen molar-refractivity contribution < 1.29 is 9.18 Å². The summed E-state index contributed by atoms with van der Waals surface area (Å²) < 4.78 is 13.8. The highest BCUT2D eigenvalue weighted by atomic mass is 35.5. The topological polar surface area (TPSA) is 33.2 Å². The van der Waals surface area contributed by atoms with E-state index in [2.05, 4.69) is 4.98 Å². The largest absolute Gasteiger partial charge is 0.333 e. The molecule has 0 aliphatic rings. The summed E-state index contributed by atoms with van der Waals surface area (Å²) in [6.07, 6.45) is 0. The maximum absolute atomic E-state index is 13.8. The van der Waals surface area contributed by atoms with Gasteiger partial charge in [-0.25, -0.2) is 9.37 Å². The van der Waals surface area contributed by atoms with E-state index in [4.69, 9.17) is 11.6 Å². The maximum Gasteiger partial charge on any atom is 0.257 e. The number of aromatic nitrogens is 1. The first-order chi connectivity index (χ1) is 9.81. The molecule has 0 unspecified atom stereocenters. The van der Waals surface area contributed by atoms with E-state index in [0.717, 1.165) is 15.6 Å². The summed E-state index contributed by atoms with van der Waals surface area (Å²) in [4.78, 5) is 19.4. The molecule has 0 N–H and O–H groups in total. The number of hydrogen-bond acceptors (Lipinski definition) is 3. The molecule has 1 atom stereocenters. The Hall–Kier alpha value is -1.46. The van der Waals surface area contributed by atoms with Crippen LogP contribution < -0.4 is 0 Å². The van der Waals surface area contributed by atoms with Crippen molar-refractivity contribution in [3.05, 3.63) is 50.2 Å². The van der Waals surface area contributed by atoms with Gasteiger partial charge in [-0.1, -0.05) is 11.6 Å². The van der Waals surface area contributed by atoms with Gasteiger partial charge in [0.05, 0.1) is 22.3 Å². The van der Waals surface area contributed by atoms with Gasteiger partial charge in [-0.15, -0.1) is 11.3 Å². The van der Waals surface area contributed by atoms with Gasteiger partial charge in [0, 0.05) is 16.9 Å². The zero-order chi connectivity index (χ0) is 15.7. The lowest BCUT2D eigenvalue weighted by molar-refractivity contribution is 0.0735. The minimum Gasteiger partial charge on any atom is -0.333 e. The van der Waals surface area contributed by atoms with E-state index in [-0.39, 0.29) is 11.6 Å². The van der Waals surface area contributed by atoms with Crippen LogP contribution in [0, 0.1) is 19.7 Å². The molecule has 21 heavy (non-hydrogen) atoms. The predicted molar refractivity (Wildman–Crippen MR) is 83.5 cm³/mol. The molecular formula is C15H16ClFN2OS. The number of carbonyl (C=O) groups excluding carboxylic acids is 1. The first-order valence-corrected chi connectivity index (χ1v) is 7.67. The zero-order valence-corrected chi connectivity index (χ0v) is 13.8. The Bertz CT molecular complexity index is 686. The Morgan fingerprint density at radius 3 is 2.67 bits per heavy atom. The Labute approximate surface area is 132 Å². The highest BCUT2D eigenvalue weighted by Crippen LogP contribution is 2.27. The third-order valence-electron chi connectivity index (χ3n) is 3.40. The molecule has 0 spiro atoms. The van der Waals surface area contributed by atoms with E-state index < -0.39 is 11.7 Å². The van der Waals surface area contributed by atoms with Crippen molar-refractivity contribution in [2.24, 2.45) is 0 Å². The van der Waals surface area contributed by atoms with Crippen molar-refractivity contribution in [1.29, 1.82) is 0 Å². The van der Waals surface area contributed by atoms with Gasteiger partial charge in [0.15, 0.2) is 0 Å². The van der Waals surface area contributed by atoms with Crippen LogP contribution in [0.2, 0.25) is 5.02 Å². The molecule has 0 aliphatic carbocycles. The molecule has 1 amide bonds. The molecule has 6 heteroatoms. The molecule has 0 saturated heterocycles. The van der Waals surface area contributed by atoms with Gasteiger partial charge in [-0.3, -0.25) is 4.79 Å². The third kappa shape index (κ3) is 3.24. The summed E-state index contributed by atoms with van der Waals surface area (Å²) >= 11 is 7.43. The van der Waals surface area contributed by atoms with E-state index in [1.807, 2.05) is 20.8 Å². The molecule has 0 aliphatic heterocycles. The first-order valence-electron chi connectivity index (χ1n) is 6.47. The SMILES string of the molecule is Cc1nc([C@H](C)N(C)C(=O)c2cc(Cl)ccc2F)c(C)s1. The third-order valence-corrected chi connectivity index (χ3v) is 4.53. The Kier molecular flexibility index (Phi) is 4.64. The number of hydrogen-bond donors (Lipinski definition) is 0. The molecule has 3 nitrogen and oxygen atoms in total. The summed E-state index contributed by atoms with van der Waals surface area (Å²) in [6, 6.07) is 3.74. The Morgan fingerprint density at radius 2 is 2.10 bits per heavy atom. The molecule has 2 rings (SSSR count). The second-order valence-corrected chi connectivity index (χ2v) is 6.73. The second-order valence-electron chi connectivity index (χ2n) is 4.89. The van der Waals surface area contributed by atoms with Gasteiger partial charge in [0.1, 0.15) is 5.82 Å². The number of halogens is 2. The monoisotopic (exact) mass is 326 g/mol. The normalized spacial score (nSPS) is 12.3. The quantitative estimate of drug-likeness (QED) is 0.838. The Morgan fingerprint density at radius 1 is 1.43 bits per heavy atom.